The van der Waals surface area contributed by atoms with Crippen LogP contribution in [0.25, 0.3) is 0 Å². The second kappa shape index (κ2) is 5.79. The van der Waals surface area contributed by atoms with E-state index in [1.807, 2.05) is 31.2 Å². The van der Waals surface area contributed by atoms with Gasteiger partial charge in [0.1, 0.15) is 6.61 Å². The summed E-state index contributed by atoms with van der Waals surface area (Å²) >= 11 is 0. The van der Waals surface area contributed by atoms with Gasteiger partial charge in [0.05, 0.1) is 0 Å². The van der Waals surface area contributed by atoms with E-state index in [9.17, 15) is 9.59 Å². The van der Waals surface area contributed by atoms with E-state index < -0.39 is 17.5 Å². The Hall–Kier alpha value is -2.17. The largest absolute Gasteiger partial charge is 0.476 e. The monoisotopic (exact) mass is 235 g/mol. The maximum absolute atomic E-state index is 10.9. The predicted molar refractivity (Wildman–Crippen MR) is 61.7 cm³/mol. The number of hydrogen-bond donors (Lipinski definition) is 1. The number of carboxylic acids is 1. The molecule has 5 nitrogen and oxygen atoms in total. The van der Waals surface area contributed by atoms with Gasteiger partial charge >= 0.3 is 5.97 Å². The third-order valence-electron chi connectivity index (χ3n) is 2.04. The van der Waals surface area contributed by atoms with E-state index in [1.54, 1.807) is 0 Å². The highest BCUT2D eigenvalue weighted by molar-refractivity contribution is 6.63. The van der Waals surface area contributed by atoms with Gasteiger partial charge in [-0.2, -0.15) is 0 Å². The third-order valence-corrected chi connectivity index (χ3v) is 2.04. The van der Waals surface area contributed by atoms with E-state index in [2.05, 4.69) is 5.16 Å². The average molecular weight is 235 g/mol. The smallest absolute Gasteiger partial charge is 0.361 e. The lowest BCUT2D eigenvalue weighted by molar-refractivity contribution is -0.130. The number of rotatable bonds is 5. The van der Waals surface area contributed by atoms with Crippen LogP contribution >= 0.6 is 0 Å². The molecule has 0 aliphatic rings. The molecule has 0 amide bonds. The fourth-order valence-electron chi connectivity index (χ4n) is 1.11. The molecule has 17 heavy (non-hydrogen) atoms. The fourth-order valence-corrected chi connectivity index (χ4v) is 1.11. The summed E-state index contributed by atoms with van der Waals surface area (Å²) in [5, 5.41) is 12.0. The van der Waals surface area contributed by atoms with Gasteiger partial charge in [0.2, 0.25) is 5.71 Å². The lowest BCUT2D eigenvalue weighted by Gasteiger charge is -2.01. The van der Waals surface area contributed by atoms with Crippen molar-refractivity contribution in [3.63, 3.8) is 0 Å². The van der Waals surface area contributed by atoms with Gasteiger partial charge in [-0.15, -0.1) is 0 Å². The van der Waals surface area contributed by atoms with Gasteiger partial charge in [0.25, 0.3) is 0 Å². The number of carbonyl (C=O) groups is 2. The molecule has 0 aliphatic carbocycles. The van der Waals surface area contributed by atoms with E-state index in [0.29, 0.717) is 0 Å². The minimum Gasteiger partial charge on any atom is -0.476 e. The highest BCUT2D eigenvalue weighted by Gasteiger charge is 2.15. The second-order valence-electron chi connectivity index (χ2n) is 3.56. The van der Waals surface area contributed by atoms with Gasteiger partial charge in [-0.05, 0) is 12.5 Å². The highest BCUT2D eigenvalue weighted by Crippen LogP contribution is 2.04. The summed E-state index contributed by atoms with van der Waals surface area (Å²) in [6, 6.07) is 7.51. The molecular weight excluding hydrogens is 222 g/mol. The Morgan fingerprint density at radius 3 is 2.35 bits per heavy atom. The van der Waals surface area contributed by atoms with E-state index in [-0.39, 0.29) is 6.61 Å². The summed E-state index contributed by atoms with van der Waals surface area (Å²) in [5.74, 6) is -2.03. The molecule has 0 saturated carbocycles. The number of hydrogen-bond acceptors (Lipinski definition) is 4. The Morgan fingerprint density at radius 2 is 1.88 bits per heavy atom. The molecule has 0 heterocycles. The Kier molecular flexibility index (Phi) is 4.39. The highest BCUT2D eigenvalue weighted by atomic mass is 16.6. The van der Waals surface area contributed by atoms with Crippen molar-refractivity contribution in [2.75, 3.05) is 0 Å². The zero-order chi connectivity index (χ0) is 12.8. The lowest BCUT2D eigenvalue weighted by atomic mass is 10.2. The summed E-state index contributed by atoms with van der Waals surface area (Å²) < 4.78 is 0. The van der Waals surface area contributed by atoms with Crippen molar-refractivity contribution in [3.05, 3.63) is 35.4 Å². The molecule has 1 aromatic carbocycles. The number of carboxylic acid groups (broad SMARTS) is 1. The fraction of sp³-hybridized carbons (Fsp3) is 0.250. The first-order valence-corrected chi connectivity index (χ1v) is 5.00. The second-order valence-corrected chi connectivity index (χ2v) is 3.56. The number of oxime groups is 1. The van der Waals surface area contributed by atoms with Gasteiger partial charge in [-0.25, -0.2) is 4.79 Å². The molecule has 1 aromatic rings. The standard InChI is InChI=1S/C12H13NO4/c1-8-3-5-10(6-4-8)7-17-13-11(9(2)14)12(15)16/h3-6H,7H2,1-2H3,(H,15,16)/b13-11-. The zero-order valence-corrected chi connectivity index (χ0v) is 9.64. The maximum atomic E-state index is 10.9. The molecule has 5 heteroatoms. The van der Waals surface area contributed by atoms with Crippen molar-refractivity contribution >= 4 is 17.5 Å². The molecule has 0 aromatic heterocycles. The van der Waals surface area contributed by atoms with Crippen LogP contribution in [0.1, 0.15) is 18.1 Å². The van der Waals surface area contributed by atoms with Crippen LogP contribution in [0.4, 0.5) is 0 Å². The number of carbonyl (C=O) groups excluding carboxylic acids is 1. The van der Waals surface area contributed by atoms with Gasteiger partial charge in [-0.3, -0.25) is 4.79 Å². The van der Waals surface area contributed by atoms with Crippen LogP contribution < -0.4 is 0 Å². The van der Waals surface area contributed by atoms with Crippen molar-refractivity contribution in [1.29, 1.82) is 0 Å². The number of nitrogens with zero attached hydrogens (tertiary/aromatic N) is 1. The number of ketones is 1. The molecule has 1 rings (SSSR count). The predicted octanol–water partition coefficient (Wildman–Crippen LogP) is 1.54. The Balaban J connectivity index is 2.62. The maximum Gasteiger partial charge on any atom is 0.361 e. The van der Waals surface area contributed by atoms with Crippen molar-refractivity contribution in [3.8, 4) is 0 Å². The minimum atomic E-state index is -1.39. The molecular formula is C12H13NO4. The first-order chi connectivity index (χ1) is 8.00. The van der Waals surface area contributed by atoms with Gasteiger partial charge in [0.15, 0.2) is 5.78 Å². The number of benzene rings is 1. The minimum absolute atomic E-state index is 0.129. The molecule has 0 atom stereocenters. The molecule has 0 unspecified atom stereocenters. The van der Waals surface area contributed by atoms with Crippen LogP contribution in [0.2, 0.25) is 0 Å². The average Bonchev–Trinajstić information content (AvgIpc) is 2.25. The van der Waals surface area contributed by atoms with Crippen LogP contribution in [0, 0.1) is 6.92 Å². The van der Waals surface area contributed by atoms with Gasteiger partial charge in [0, 0.05) is 6.92 Å². The van der Waals surface area contributed by atoms with Crippen LogP contribution in [0.15, 0.2) is 29.4 Å². The van der Waals surface area contributed by atoms with Crippen molar-refractivity contribution in [1.82, 2.24) is 0 Å². The van der Waals surface area contributed by atoms with Crippen LogP contribution in [0.5, 0.6) is 0 Å². The third kappa shape index (κ3) is 4.06. The number of Topliss-reactive ketones (excluding diaryl/α,β-unsaturated/α-hetero) is 1. The van der Waals surface area contributed by atoms with Crippen molar-refractivity contribution in [2.24, 2.45) is 5.16 Å². The Morgan fingerprint density at radius 1 is 1.29 bits per heavy atom. The lowest BCUT2D eigenvalue weighted by Crippen LogP contribution is -2.21. The quantitative estimate of drug-likeness (QED) is 0.477. The summed E-state index contributed by atoms with van der Waals surface area (Å²) in [5.41, 5.74) is 1.37. The van der Waals surface area contributed by atoms with E-state index in [1.165, 1.54) is 0 Å². The Bertz CT molecular complexity index is 432. The summed E-state index contributed by atoms with van der Waals surface area (Å²) in [6.45, 7) is 3.22. The first-order valence-electron chi connectivity index (χ1n) is 5.00. The molecule has 0 saturated heterocycles. The topological polar surface area (TPSA) is 76.0 Å². The van der Waals surface area contributed by atoms with E-state index >= 15 is 0 Å². The molecule has 0 aliphatic heterocycles. The van der Waals surface area contributed by atoms with Crippen LogP contribution in [-0.2, 0) is 21.0 Å². The summed E-state index contributed by atoms with van der Waals surface area (Å²) in [7, 11) is 0. The van der Waals surface area contributed by atoms with Gasteiger partial charge in [-0.1, -0.05) is 35.0 Å². The molecule has 0 spiro atoms. The number of aliphatic carboxylic acids is 1. The molecule has 0 bridgehead atoms. The molecule has 90 valence electrons. The zero-order valence-electron chi connectivity index (χ0n) is 9.64. The SMILES string of the molecule is CC(=O)/C(=N/OCc1ccc(C)cc1)C(=O)O. The normalized spacial score (nSPS) is 11.1. The van der Waals surface area contributed by atoms with Crippen molar-refractivity contribution < 1.29 is 19.5 Å². The van der Waals surface area contributed by atoms with E-state index in [4.69, 9.17) is 9.94 Å². The van der Waals surface area contributed by atoms with Crippen LogP contribution in [-0.4, -0.2) is 22.6 Å². The molecule has 1 N–H and O–H groups in total. The molecule has 0 radical (unpaired) electrons. The van der Waals surface area contributed by atoms with E-state index in [0.717, 1.165) is 18.1 Å². The van der Waals surface area contributed by atoms with Crippen LogP contribution in [0.3, 0.4) is 0 Å². The van der Waals surface area contributed by atoms with Gasteiger partial charge < -0.3 is 9.94 Å². The first kappa shape index (κ1) is 12.9. The number of aryl methyl sites for hydroxylation is 1. The summed E-state index contributed by atoms with van der Waals surface area (Å²) in [4.78, 5) is 26.3. The van der Waals surface area contributed by atoms with Crippen molar-refractivity contribution in [2.45, 2.75) is 20.5 Å². The molecule has 0 fully saturated rings. The Labute approximate surface area is 98.7 Å². The summed E-state index contributed by atoms with van der Waals surface area (Å²) in [6.07, 6.45) is 0.